The van der Waals surface area contributed by atoms with Gasteiger partial charge in [0.05, 0.1) is 0 Å². The number of thiazole rings is 1. The first-order valence-corrected chi connectivity index (χ1v) is 5.91. The molecule has 0 saturated carbocycles. The van der Waals surface area contributed by atoms with Crippen LogP contribution in [0.25, 0.3) is 16.5 Å². The van der Waals surface area contributed by atoms with E-state index in [1.54, 1.807) is 19.2 Å². The second kappa shape index (κ2) is 3.84. The normalized spacial score (nSPS) is 10.9. The van der Waals surface area contributed by atoms with Crippen LogP contribution in [0.4, 0.5) is 0 Å². The minimum absolute atomic E-state index is 0.0138. The summed E-state index contributed by atoms with van der Waals surface area (Å²) in [6.07, 6.45) is 1.65. The van der Waals surface area contributed by atoms with Crippen LogP contribution >= 0.6 is 11.3 Å². The molecule has 3 aromatic heterocycles. The summed E-state index contributed by atoms with van der Waals surface area (Å²) < 4.78 is 1.40. The second-order valence-corrected chi connectivity index (χ2v) is 4.51. The van der Waals surface area contributed by atoms with Crippen LogP contribution in [0.3, 0.4) is 0 Å². The molecule has 90 valence electrons. The van der Waals surface area contributed by atoms with Gasteiger partial charge in [-0.2, -0.15) is 9.61 Å². The molecule has 0 aliphatic rings. The van der Waals surface area contributed by atoms with Crippen molar-refractivity contribution in [3.05, 3.63) is 28.9 Å². The number of aromatic carboxylic acids is 1. The van der Waals surface area contributed by atoms with Gasteiger partial charge in [0.15, 0.2) is 16.3 Å². The van der Waals surface area contributed by atoms with Gasteiger partial charge >= 0.3 is 5.97 Å². The van der Waals surface area contributed by atoms with E-state index in [1.807, 2.05) is 5.38 Å². The quantitative estimate of drug-likeness (QED) is 0.746. The zero-order valence-electron chi connectivity index (χ0n) is 9.23. The molecule has 0 aliphatic heterocycles. The first-order valence-electron chi connectivity index (χ1n) is 5.03. The van der Waals surface area contributed by atoms with Crippen molar-refractivity contribution in [3.63, 3.8) is 0 Å². The number of rotatable bonds is 2. The third kappa shape index (κ3) is 1.54. The molecule has 7 nitrogen and oxygen atoms in total. The van der Waals surface area contributed by atoms with Crippen molar-refractivity contribution in [2.24, 2.45) is 0 Å². The fourth-order valence-corrected chi connectivity index (χ4v) is 2.21. The van der Waals surface area contributed by atoms with Gasteiger partial charge in [-0.25, -0.2) is 9.78 Å². The van der Waals surface area contributed by atoms with Crippen LogP contribution in [0.2, 0.25) is 0 Å². The van der Waals surface area contributed by atoms with E-state index in [9.17, 15) is 4.79 Å². The molecule has 0 fully saturated rings. The van der Waals surface area contributed by atoms with Crippen molar-refractivity contribution in [3.8, 4) is 10.8 Å². The van der Waals surface area contributed by atoms with Gasteiger partial charge in [0.1, 0.15) is 0 Å². The van der Waals surface area contributed by atoms with Crippen molar-refractivity contribution in [1.29, 1.82) is 0 Å². The molecule has 3 rings (SSSR count). The largest absolute Gasteiger partial charge is 0.476 e. The van der Waals surface area contributed by atoms with Gasteiger partial charge in [-0.05, 0) is 18.6 Å². The fraction of sp³-hybridized carbons (Fsp3) is 0.100. The highest BCUT2D eigenvalue weighted by molar-refractivity contribution is 7.13. The number of fused-ring (bicyclic) bond motifs is 1. The Kier molecular flexibility index (Phi) is 2.30. The number of carboxylic acids is 1. The maximum atomic E-state index is 11.1. The maximum Gasteiger partial charge on any atom is 0.356 e. The molecular formula is C10H7N5O2S. The van der Waals surface area contributed by atoms with Crippen LogP contribution in [0.5, 0.6) is 0 Å². The van der Waals surface area contributed by atoms with Crippen molar-refractivity contribution >= 4 is 23.0 Å². The van der Waals surface area contributed by atoms with Gasteiger partial charge in [-0.3, -0.25) is 0 Å². The molecule has 8 heteroatoms. The lowest BCUT2D eigenvalue weighted by Crippen LogP contribution is -2.08. The predicted molar refractivity (Wildman–Crippen MR) is 63.6 cm³/mol. The van der Waals surface area contributed by atoms with Crippen molar-refractivity contribution < 1.29 is 9.90 Å². The summed E-state index contributed by atoms with van der Waals surface area (Å²) in [7, 11) is 0. The first kappa shape index (κ1) is 10.8. The summed E-state index contributed by atoms with van der Waals surface area (Å²) in [5.41, 5.74) is 1.04. The van der Waals surface area contributed by atoms with E-state index in [1.165, 1.54) is 15.9 Å². The summed E-state index contributed by atoms with van der Waals surface area (Å²) in [5.74, 6) is -0.629. The van der Waals surface area contributed by atoms with Crippen LogP contribution in [-0.4, -0.2) is 35.9 Å². The Balaban J connectivity index is 2.30. The summed E-state index contributed by atoms with van der Waals surface area (Å²) in [5, 5.41) is 23.5. The van der Waals surface area contributed by atoms with E-state index >= 15 is 0 Å². The third-order valence-electron chi connectivity index (χ3n) is 2.41. The zero-order chi connectivity index (χ0) is 12.7. The average molecular weight is 261 g/mol. The lowest BCUT2D eigenvalue weighted by molar-refractivity contribution is 0.0688. The topological polar surface area (TPSA) is 93.3 Å². The van der Waals surface area contributed by atoms with Gasteiger partial charge in [-0.15, -0.1) is 21.5 Å². The van der Waals surface area contributed by atoms with Crippen LogP contribution in [-0.2, 0) is 0 Å². The molecule has 0 bridgehead atoms. The Morgan fingerprint density at radius 1 is 1.44 bits per heavy atom. The minimum atomic E-state index is -1.08. The highest BCUT2D eigenvalue weighted by Gasteiger charge is 2.16. The maximum absolute atomic E-state index is 11.1. The van der Waals surface area contributed by atoms with Crippen LogP contribution in [0, 0.1) is 6.92 Å². The first-order chi connectivity index (χ1) is 8.66. The molecule has 3 heterocycles. The Morgan fingerprint density at radius 3 is 2.94 bits per heavy atom. The molecule has 0 saturated heterocycles. The molecule has 0 aromatic carbocycles. The Hall–Kier alpha value is -2.35. The van der Waals surface area contributed by atoms with Gasteiger partial charge in [-0.1, -0.05) is 0 Å². The smallest absolute Gasteiger partial charge is 0.356 e. The van der Waals surface area contributed by atoms with Crippen LogP contribution in [0.1, 0.15) is 16.1 Å². The van der Waals surface area contributed by atoms with E-state index in [0.29, 0.717) is 22.0 Å². The molecule has 1 N–H and O–H groups in total. The van der Waals surface area contributed by atoms with E-state index in [4.69, 9.17) is 5.11 Å². The average Bonchev–Trinajstić information content (AvgIpc) is 2.94. The second-order valence-electron chi connectivity index (χ2n) is 3.61. The molecule has 0 amide bonds. The highest BCUT2D eigenvalue weighted by atomic mass is 32.1. The van der Waals surface area contributed by atoms with E-state index in [-0.39, 0.29) is 5.69 Å². The number of hydrogen-bond acceptors (Lipinski definition) is 6. The number of aryl methyl sites for hydroxylation is 1. The molecule has 0 atom stereocenters. The van der Waals surface area contributed by atoms with Crippen molar-refractivity contribution in [1.82, 2.24) is 24.8 Å². The monoisotopic (exact) mass is 261 g/mol. The number of nitrogens with zero attached hydrogens (tertiary/aromatic N) is 5. The molecule has 0 radical (unpaired) electrons. The summed E-state index contributed by atoms with van der Waals surface area (Å²) in [6, 6.07) is 1.64. The van der Waals surface area contributed by atoms with Gasteiger partial charge in [0, 0.05) is 11.6 Å². The molecule has 0 spiro atoms. The van der Waals surface area contributed by atoms with E-state index in [0.717, 1.165) is 0 Å². The summed E-state index contributed by atoms with van der Waals surface area (Å²) in [6.45, 7) is 1.67. The van der Waals surface area contributed by atoms with Crippen LogP contribution < -0.4 is 0 Å². The number of carboxylic acid groups (broad SMARTS) is 1. The minimum Gasteiger partial charge on any atom is -0.476 e. The zero-order valence-corrected chi connectivity index (χ0v) is 10.0. The van der Waals surface area contributed by atoms with Crippen molar-refractivity contribution in [2.75, 3.05) is 0 Å². The van der Waals surface area contributed by atoms with Gasteiger partial charge in [0.25, 0.3) is 0 Å². The predicted octanol–water partition coefficient (Wildman–Crippen LogP) is 1.25. The van der Waals surface area contributed by atoms with Crippen LogP contribution in [0.15, 0.2) is 17.6 Å². The van der Waals surface area contributed by atoms with Crippen molar-refractivity contribution in [2.45, 2.75) is 6.92 Å². The number of aromatic nitrogens is 5. The fourth-order valence-electron chi connectivity index (χ4n) is 1.60. The molecule has 0 aliphatic carbocycles. The van der Waals surface area contributed by atoms with Gasteiger partial charge < -0.3 is 5.11 Å². The highest BCUT2D eigenvalue weighted by Crippen LogP contribution is 2.20. The van der Waals surface area contributed by atoms with E-state index in [2.05, 4.69) is 20.3 Å². The molecular weight excluding hydrogens is 254 g/mol. The lowest BCUT2D eigenvalue weighted by Gasteiger charge is -2.01. The standard InChI is InChI=1S/C10H7N5O2S/c1-5-4-6-12-13-8(9-11-2-3-18-9)15(6)14-7(5)10(16)17/h2-4H,1H3,(H,16,17). The number of hydrogen-bond donors (Lipinski definition) is 1. The van der Waals surface area contributed by atoms with Gasteiger partial charge in [0.2, 0.25) is 5.82 Å². The third-order valence-corrected chi connectivity index (χ3v) is 3.18. The summed E-state index contributed by atoms with van der Waals surface area (Å²) >= 11 is 1.39. The molecule has 18 heavy (non-hydrogen) atoms. The summed E-state index contributed by atoms with van der Waals surface area (Å²) in [4.78, 5) is 15.2. The SMILES string of the molecule is Cc1cc2nnc(-c3nccs3)n2nc1C(=O)O. The Bertz CT molecular complexity index is 734. The molecule has 0 unspecified atom stereocenters. The Morgan fingerprint density at radius 2 is 2.28 bits per heavy atom. The van der Waals surface area contributed by atoms with E-state index < -0.39 is 5.97 Å². The lowest BCUT2D eigenvalue weighted by atomic mass is 10.2. The Labute approximate surface area is 105 Å². The molecule has 3 aromatic rings. The number of carbonyl (C=O) groups is 1.